The monoisotopic (exact) mass is 355 g/mol. The summed E-state index contributed by atoms with van der Waals surface area (Å²) in [6, 6.07) is 0. The molecule has 0 aromatic carbocycles. The van der Waals surface area contributed by atoms with Crippen molar-refractivity contribution in [1.29, 1.82) is 0 Å². The quantitative estimate of drug-likeness (QED) is 0.391. The van der Waals surface area contributed by atoms with Gasteiger partial charge in [-0.15, -0.1) is 0 Å². The largest absolute Gasteiger partial charge is 0.458 e. The zero-order chi connectivity index (χ0) is 18.2. The zero-order valence-corrected chi connectivity index (χ0v) is 15.8. The number of fused-ring (bicyclic) bond motifs is 6. The Morgan fingerprint density at radius 3 is 2.65 bits per heavy atom. The van der Waals surface area contributed by atoms with Gasteiger partial charge in [-0.3, -0.25) is 4.79 Å². The lowest BCUT2D eigenvalue weighted by atomic mass is 9.48. The molecule has 140 valence electrons. The van der Waals surface area contributed by atoms with Gasteiger partial charge in [0.2, 0.25) is 0 Å². The van der Waals surface area contributed by atoms with Crippen LogP contribution in [-0.4, -0.2) is 22.5 Å². The number of hydrogen-bond acceptors (Lipinski definition) is 4. The maximum atomic E-state index is 11.9. The molecule has 4 heteroatoms. The first-order valence-corrected chi connectivity index (χ1v) is 10.3. The molecule has 5 aliphatic rings. The summed E-state index contributed by atoms with van der Waals surface area (Å²) < 4.78 is 6.00. The molecule has 0 radical (unpaired) electrons. The van der Waals surface area contributed by atoms with E-state index in [1.807, 2.05) is 0 Å². The average Bonchev–Trinajstić information content (AvgIpc) is 3.15. The SMILES string of the molecule is C[C@]12CCC(=NO)C=C1C=C[C@H]1[C@H]3CC[C@@]4(CCC(=O)O4)[C@]3(C)CC[C@@H]12. The van der Waals surface area contributed by atoms with E-state index in [4.69, 9.17) is 4.74 Å². The van der Waals surface area contributed by atoms with E-state index in [1.54, 1.807) is 0 Å². The van der Waals surface area contributed by atoms with Gasteiger partial charge in [0.05, 0.1) is 5.71 Å². The lowest BCUT2D eigenvalue weighted by molar-refractivity contribution is -0.165. The third-order valence-corrected chi connectivity index (χ3v) is 8.99. The summed E-state index contributed by atoms with van der Waals surface area (Å²) in [5, 5.41) is 12.6. The van der Waals surface area contributed by atoms with E-state index in [0.29, 0.717) is 24.2 Å². The lowest BCUT2D eigenvalue weighted by Crippen LogP contribution is -2.53. The van der Waals surface area contributed by atoms with Crippen LogP contribution in [0.5, 0.6) is 0 Å². The highest BCUT2D eigenvalue weighted by molar-refractivity contribution is 5.96. The number of nitrogens with zero attached hydrogens (tertiary/aromatic N) is 1. The van der Waals surface area contributed by atoms with Crippen LogP contribution < -0.4 is 0 Å². The van der Waals surface area contributed by atoms with Crippen LogP contribution in [0.4, 0.5) is 0 Å². The molecule has 0 aromatic rings. The van der Waals surface area contributed by atoms with Gasteiger partial charge in [-0.25, -0.2) is 0 Å². The van der Waals surface area contributed by atoms with E-state index in [1.165, 1.54) is 18.4 Å². The van der Waals surface area contributed by atoms with Crippen molar-refractivity contribution in [2.45, 2.75) is 70.8 Å². The van der Waals surface area contributed by atoms with Gasteiger partial charge in [0.1, 0.15) is 5.60 Å². The summed E-state index contributed by atoms with van der Waals surface area (Å²) in [5.41, 5.74) is 2.24. The van der Waals surface area contributed by atoms with Crippen molar-refractivity contribution < 1.29 is 14.7 Å². The van der Waals surface area contributed by atoms with Crippen molar-refractivity contribution in [3.05, 3.63) is 23.8 Å². The molecule has 1 saturated heterocycles. The minimum Gasteiger partial charge on any atom is -0.458 e. The second-order valence-corrected chi connectivity index (χ2v) is 9.72. The van der Waals surface area contributed by atoms with Gasteiger partial charge in [0.25, 0.3) is 0 Å². The molecule has 4 nitrogen and oxygen atoms in total. The van der Waals surface area contributed by atoms with Gasteiger partial charge in [-0.2, -0.15) is 0 Å². The van der Waals surface area contributed by atoms with Crippen LogP contribution in [0.3, 0.4) is 0 Å². The molecule has 0 bridgehead atoms. The molecule has 26 heavy (non-hydrogen) atoms. The van der Waals surface area contributed by atoms with Crippen LogP contribution in [0, 0.1) is 28.6 Å². The standard InChI is InChI=1S/C22H29NO3/c1-20-9-5-15(23-25)13-14(20)3-4-16-17(20)6-10-21(2)18(16)7-11-22(21)12-8-19(24)26-22/h3-4,13,16-18,25H,5-12H2,1-2H3/t16-,17+,18-,20+,21-,22-/m1/s1. The minimum atomic E-state index is -0.201. The van der Waals surface area contributed by atoms with Crippen molar-refractivity contribution in [2.24, 2.45) is 33.7 Å². The van der Waals surface area contributed by atoms with Gasteiger partial charge >= 0.3 is 5.97 Å². The molecule has 0 aromatic heterocycles. The number of esters is 1. The Bertz CT molecular complexity index is 752. The van der Waals surface area contributed by atoms with E-state index >= 15 is 0 Å². The predicted molar refractivity (Wildman–Crippen MR) is 98.9 cm³/mol. The van der Waals surface area contributed by atoms with E-state index in [0.717, 1.165) is 37.8 Å². The molecule has 1 spiro atoms. The van der Waals surface area contributed by atoms with Crippen LogP contribution in [0.15, 0.2) is 29.0 Å². The van der Waals surface area contributed by atoms with Gasteiger partial charge in [-0.1, -0.05) is 31.2 Å². The zero-order valence-electron chi connectivity index (χ0n) is 15.8. The maximum Gasteiger partial charge on any atom is 0.306 e. The Labute approximate surface area is 155 Å². The third kappa shape index (κ3) is 1.91. The summed E-state index contributed by atoms with van der Waals surface area (Å²) >= 11 is 0. The molecule has 1 aliphatic heterocycles. The molecule has 6 atom stereocenters. The molecule has 0 amide bonds. The average molecular weight is 355 g/mol. The Balaban J connectivity index is 1.52. The lowest BCUT2D eigenvalue weighted by Gasteiger charge is -2.57. The fraction of sp³-hybridized carbons (Fsp3) is 0.727. The highest BCUT2D eigenvalue weighted by Crippen LogP contribution is 2.68. The topological polar surface area (TPSA) is 58.9 Å². The predicted octanol–water partition coefficient (Wildman–Crippen LogP) is 4.63. The Hall–Kier alpha value is -1.58. The van der Waals surface area contributed by atoms with Crippen LogP contribution >= 0.6 is 0 Å². The molecular formula is C22H29NO3. The molecule has 2 saturated carbocycles. The van der Waals surface area contributed by atoms with E-state index in [2.05, 4.69) is 37.2 Å². The fourth-order valence-corrected chi connectivity index (χ4v) is 7.38. The first-order chi connectivity index (χ1) is 12.4. The number of allylic oxidation sites excluding steroid dienone is 4. The van der Waals surface area contributed by atoms with Crippen LogP contribution in [0.25, 0.3) is 0 Å². The van der Waals surface area contributed by atoms with E-state index < -0.39 is 0 Å². The van der Waals surface area contributed by atoms with Crippen molar-refractivity contribution in [3.8, 4) is 0 Å². The Kier molecular flexibility index (Phi) is 3.34. The number of hydrogen-bond donors (Lipinski definition) is 1. The number of carbonyl (C=O) groups is 1. The first-order valence-electron chi connectivity index (χ1n) is 10.3. The Morgan fingerprint density at radius 1 is 1.12 bits per heavy atom. The van der Waals surface area contributed by atoms with Gasteiger partial charge in [0, 0.05) is 11.8 Å². The highest BCUT2D eigenvalue weighted by atomic mass is 16.6. The fourth-order valence-electron chi connectivity index (χ4n) is 7.38. The van der Waals surface area contributed by atoms with Gasteiger partial charge in [0.15, 0.2) is 0 Å². The van der Waals surface area contributed by atoms with E-state index in [9.17, 15) is 10.0 Å². The normalized spacial score (nSPS) is 51.0. The van der Waals surface area contributed by atoms with Crippen LogP contribution in [0.1, 0.15) is 65.2 Å². The van der Waals surface area contributed by atoms with Crippen LogP contribution in [0.2, 0.25) is 0 Å². The van der Waals surface area contributed by atoms with Crippen molar-refractivity contribution in [2.75, 3.05) is 0 Å². The number of oxime groups is 1. The molecule has 4 aliphatic carbocycles. The Morgan fingerprint density at radius 2 is 1.92 bits per heavy atom. The van der Waals surface area contributed by atoms with E-state index in [-0.39, 0.29) is 22.4 Å². The third-order valence-electron chi connectivity index (χ3n) is 8.99. The molecule has 5 rings (SSSR count). The maximum absolute atomic E-state index is 11.9. The summed E-state index contributed by atoms with van der Waals surface area (Å²) in [6.07, 6.45) is 14.8. The van der Waals surface area contributed by atoms with Crippen LogP contribution in [-0.2, 0) is 9.53 Å². The molecule has 3 fully saturated rings. The van der Waals surface area contributed by atoms with Gasteiger partial charge in [-0.05, 0) is 79.8 Å². The second-order valence-electron chi connectivity index (χ2n) is 9.72. The van der Waals surface area contributed by atoms with Crippen molar-refractivity contribution in [1.82, 2.24) is 0 Å². The number of ether oxygens (including phenoxy) is 1. The molecule has 0 unspecified atom stereocenters. The summed E-state index contributed by atoms with van der Waals surface area (Å²) in [6.45, 7) is 4.82. The smallest absolute Gasteiger partial charge is 0.306 e. The number of rotatable bonds is 0. The summed E-state index contributed by atoms with van der Waals surface area (Å²) in [5.74, 6) is 1.83. The molecular weight excluding hydrogens is 326 g/mol. The van der Waals surface area contributed by atoms with Crippen molar-refractivity contribution >= 4 is 11.7 Å². The molecule has 1 N–H and O–H groups in total. The minimum absolute atomic E-state index is 0.00784. The summed E-state index contributed by atoms with van der Waals surface area (Å²) in [7, 11) is 0. The number of carbonyl (C=O) groups excluding carboxylic acids is 1. The van der Waals surface area contributed by atoms with Crippen molar-refractivity contribution in [3.63, 3.8) is 0 Å². The first kappa shape index (κ1) is 16.6. The van der Waals surface area contributed by atoms with Gasteiger partial charge < -0.3 is 9.94 Å². The second kappa shape index (κ2) is 5.24. The highest BCUT2D eigenvalue weighted by Gasteiger charge is 2.66. The molecule has 1 heterocycles. The summed E-state index contributed by atoms with van der Waals surface area (Å²) in [4.78, 5) is 11.9.